The summed E-state index contributed by atoms with van der Waals surface area (Å²) < 4.78 is 2.02. The summed E-state index contributed by atoms with van der Waals surface area (Å²) in [5.74, 6) is 0.198. The highest BCUT2D eigenvalue weighted by atomic mass is 16.2. The fourth-order valence-corrected chi connectivity index (χ4v) is 5.27. The molecular weight excluding hydrogens is 398 g/mol. The topological polar surface area (TPSA) is 54.3 Å². The Morgan fingerprint density at radius 1 is 1.06 bits per heavy atom. The van der Waals surface area contributed by atoms with E-state index in [0.717, 1.165) is 42.3 Å². The third kappa shape index (κ3) is 3.31. The molecule has 2 aliphatic rings. The number of fused-ring (bicyclic) bond motifs is 3. The van der Waals surface area contributed by atoms with E-state index >= 15 is 0 Å². The van der Waals surface area contributed by atoms with Crippen LogP contribution in [0.25, 0.3) is 10.9 Å². The number of hydrogen-bond acceptors (Lipinski definition) is 2. The molecule has 5 nitrogen and oxygen atoms in total. The lowest BCUT2D eigenvalue weighted by atomic mass is 9.92. The molecule has 1 N–H and O–H groups in total. The van der Waals surface area contributed by atoms with E-state index in [1.165, 1.54) is 5.56 Å². The minimum Gasteiger partial charge on any atom is -0.351 e. The van der Waals surface area contributed by atoms with Gasteiger partial charge in [0.1, 0.15) is 11.2 Å². The van der Waals surface area contributed by atoms with Gasteiger partial charge in [0.05, 0.1) is 6.54 Å². The molecule has 1 aromatic heterocycles. The number of carbonyl (C=O) groups excluding carboxylic acids is 2. The van der Waals surface area contributed by atoms with Crippen LogP contribution in [-0.2, 0) is 11.3 Å². The van der Waals surface area contributed by atoms with Gasteiger partial charge in [-0.2, -0.15) is 0 Å². The molecule has 5 rings (SSSR count). The molecule has 32 heavy (non-hydrogen) atoms. The lowest BCUT2D eigenvalue weighted by Crippen LogP contribution is -2.65. The zero-order valence-electron chi connectivity index (χ0n) is 19.1. The van der Waals surface area contributed by atoms with E-state index in [4.69, 9.17) is 0 Å². The van der Waals surface area contributed by atoms with Gasteiger partial charge in [0.15, 0.2) is 0 Å². The van der Waals surface area contributed by atoms with Crippen molar-refractivity contribution in [2.75, 3.05) is 4.90 Å². The van der Waals surface area contributed by atoms with Gasteiger partial charge in [0.2, 0.25) is 5.91 Å². The Morgan fingerprint density at radius 3 is 2.44 bits per heavy atom. The standard InChI is InChI=1S/C27H31N3O2/c1-18(2)19-12-14-22(15-13-19)30-25(31)24-16-20-8-4-7-11-23(20)29(24)17-27(30,3)26(32)28-21-9-5-6-10-21/h4,7-8,11-16,18,21H,5-6,9-10,17H2,1-3H3,(H,28,32)/t27-/m1/s1. The second kappa shape index (κ2) is 7.80. The van der Waals surface area contributed by atoms with Crippen LogP contribution in [0.15, 0.2) is 54.6 Å². The lowest BCUT2D eigenvalue weighted by molar-refractivity contribution is -0.127. The summed E-state index contributed by atoms with van der Waals surface area (Å²) in [7, 11) is 0. The number of carbonyl (C=O) groups is 2. The Balaban J connectivity index is 1.61. The SMILES string of the molecule is CC(C)c1ccc(N2C(=O)c3cc4ccccc4n3C[C@]2(C)C(=O)NC2CCCC2)cc1. The largest absolute Gasteiger partial charge is 0.351 e. The fraction of sp³-hybridized carbons (Fsp3) is 0.407. The number of aromatic nitrogens is 1. The van der Waals surface area contributed by atoms with Crippen LogP contribution in [0.3, 0.4) is 0 Å². The Bertz CT molecular complexity index is 1170. The third-order valence-electron chi connectivity index (χ3n) is 7.19. The van der Waals surface area contributed by atoms with Crippen LogP contribution in [0.5, 0.6) is 0 Å². The summed E-state index contributed by atoms with van der Waals surface area (Å²) in [6.45, 7) is 6.63. The molecule has 0 bridgehead atoms. The number of nitrogens with zero attached hydrogens (tertiary/aromatic N) is 2. The van der Waals surface area contributed by atoms with Crippen molar-refractivity contribution >= 4 is 28.4 Å². The molecule has 2 amide bonds. The maximum atomic E-state index is 13.9. The van der Waals surface area contributed by atoms with E-state index in [2.05, 4.69) is 31.3 Å². The van der Waals surface area contributed by atoms with Crippen LogP contribution >= 0.6 is 0 Å². The molecule has 1 aliphatic heterocycles. The number of hydrogen-bond donors (Lipinski definition) is 1. The minimum absolute atomic E-state index is 0.0749. The molecular formula is C27H31N3O2. The number of para-hydroxylation sites is 1. The number of benzene rings is 2. The van der Waals surface area contributed by atoms with E-state index in [1.54, 1.807) is 4.90 Å². The van der Waals surface area contributed by atoms with Crippen LogP contribution in [0.2, 0.25) is 0 Å². The Labute approximate surface area is 189 Å². The predicted molar refractivity (Wildman–Crippen MR) is 128 cm³/mol. The van der Waals surface area contributed by atoms with Gasteiger partial charge < -0.3 is 9.88 Å². The maximum Gasteiger partial charge on any atom is 0.275 e. The van der Waals surface area contributed by atoms with Crippen molar-refractivity contribution in [2.45, 2.75) is 70.5 Å². The fourth-order valence-electron chi connectivity index (χ4n) is 5.27. The first-order valence-electron chi connectivity index (χ1n) is 11.7. The second-order valence-electron chi connectivity index (χ2n) is 9.79. The zero-order chi connectivity index (χ0) is 22.5. The van der Waals surface area contributed by atoms with Crippen LogP contribution < -0.4 is 10.2 Å². The van der Waals surface area contributed by atoms with E-state index in [-0.39, 0.29) is 17.9 Å². The van der Waals surface area contributed by atoms with Crippen molar-refractivity contribution in [3.05, 3.63) is 65.9 Å². The van der Waals surface area contributed by atoms with Crippen molar-refractivity contribution in [1.82, 2.24) is 9.88 Å². The number of anilines is 1. The molecule has 3 aromatic rings. The molecule has 1 aliphatic carbocycles. The van der Waals surface area contributed by atoms with Crippen LogP contribution in [0.1, 0.15) is 68.4 Å². The second-order valence-corrected chi connectivity index (χ2v) is 9.79. The molecule has 5 heteroatoms. The average molecular weight is 430 g/mol. The van der Waals surface area contributed by atoms with Crippen molar-refractivity contribution in [1.29, 1.82) is 0 Å². The normalized spacial score (nSPS) is 21.4. The molecule has 2 aromatic carbocycles. The Hall–Kier alpha value is -3.08. The van der Waals surface area contributed by atoms with Crippen LogP contribution in [-0.4, -0.2) is 28.0 Å². The Morgan fingerprint density at radius 2 is 1.75 bits per heavy atom. The molecule has 166 valence electrons. The highest BCUT2D eigenvalue weighted by Gasteiger charge is 2.49. The summed E-state index contributed by atoms with van der Waals surface area (Å²) in [4.78, 5) is 29.3. The van der Waals surface area contributed by atoms with Gasteiger partial charge in [0.25, 0.3) is 5.91 Å². The summed E-state index contributed by atoms with van der Waals surface area (Å²) in [6.07, 6.45) is 4.31. The van der Waals surface area contributed by atoms with E-state index in [1.807, 2.05) is 54.0 Å². The average Bonchev–Trinajstić information content (AvgIpc) is 3.42. The summed E-state index contributed by atoms with van der Waals surface area (Å²) in [6, 6.07) is 18.2. The number of nitrogens with one attached hydrogen (secondary N) is 1. The van der Waals surface area contributed by atoms with Crippen molar-refractivity contribution in [3.8, 4) is 0 Å². The Kier molecular flexibility index (Phi) is 5.07. The molecule has 1 saturated carbocycles. The van der Waals surface area contributed by atoms with E-state index < -0.39 is 5.54 Å². The molecule has 0 unspecified atom stereocenters. The molecule has 2 heterocycles. The molecule has 0 spiro atoms. The first-order chi connectivity index (χ1) is 15.4. The van der Waals surface area contributed by atoms with Crippen LogP contribution in [0, 0.1) is 0 Å². The predicted octanol–water partition coefficient (Wildman–Crippen LogP) is 5.24. The number of rotatable bonds is 4. The van der Waals surface area contributed by atoms with E-state index in [9.17, 15) is 9.59 Å². The van der Waals surface area contributed by atoms with Gasteiger partial charge >= 0.3 is 0 Å². The highest BCUT2D eigenvalue weighted by molar-refractivity contribution is 6.14. The first kappa shape index (κ1) is 20.8. The first-order valence-corrected chi connectivity index (χ1v) is 11.7. The van der Waals surface area contributed by atoms with Gasteiger partial charge in [0, 0.05) is 22.6 Å². The summed E-state index contributed by atoms with van der Waals surface area (Å²) in [5.41, 5.74) is 2.58. The van der Waals surface area contributed by atoms with Crippen molar-refractivity contribution in [2.24, 2.45) is 0 Å². The zero-order valence-corrected chi connectivity index (χ0v) is 19.1. The molecule has 0 saturated heterocycles. The number of amides is 2. The smallest absolute Gasteiger partial charge is 0.275 e. The summed E-state index contributed by atoms with van der Waals surface area (Å²) in [5, 5.41) is 4.28. The van der Waals surface area contributed by atoms with Gasteiger partial charge in [-0.25, -0.2) is 0 Å². The quantitative estimate of drug-likeness (QED) is 0.616. The molecule has 1 fully saturated rings. The molecule has 1 atom stereocenters. The summed E-state index contributed by atoms with van der Waals surface area (Å²) >= 11 is 0. The molecule has 0 radical (unpaired) electrons. The van der Waals surface area contributed by atoms with Gasteiger partial charge in [-0.05, 0) is 55.5 Å². The highest BCUT2D eigenvalue weighted by Crippen LogP contribution is 2.36. The van der Waals surface area contributed by atoms with Crippen molar-refractivity contribution in [3.63, 3.8) is 0 Å². The maximum absolute atomic E-state index is 13.9. The van der Waals surface area contributed by atoms with Gasteiger partial charge in [-0.15, -0.1) is 0 Å². The van der Waals surface area contributed by atoms with E-state index in [0.29, 0.717) is 18.2 Å². The lowest BCUT2D eigenvalue weighted by Gasteiger charge is -2.44. The monoisotopic (exact) mass is 429 g/mol. The van der Waals surface area contributed by atoms with Crippen LogP contribution in [0.4, 0.5) is 5.69 Å². The van der Waals surface area contributed by atoms with Gasteiger partial charge in [-0.3, -0.25) is 14.5 Å². The van der Waals surface area contributed by atoms with Gasteiger partial charge in [-0.1, -0.05) is 57.0 Å². The third-order valence-corrected chi connectivity index (χ3v) is 7.19. The minimum atomic E-state index is -1.02. The van der Waals surface area contributed by atoms with Crippen molar-refractivity contribution < 1.29 is 9.59 Å².